The van der Waals surface area contributed by atoms with Gasteiger partial charge in [0, 0.05) is 18.2 Å². The Kier molecular flexibility index (Phi) is 7.81. The quantitative estimate of drug-likeness (QED) is 0.143. The maximum atomic E-state index is 13.4. The molecule has 1 unspecified atom stereocenters. The van der Waals surface area contributed by atoms with Crippen LogP contribution in [0.5, 0.6) is 17.2 Å². The van der Waals surface area contributed by atoms with Gasteiger partial charge in [-0.15, -0.1) is 0 Å². The van der Waals surface area contributed by atoms with Crippen molar-refractivity contribution < 1.29 is 33.7 Å². The SMILES string of the molecule is COc1ccc(N2C(=O)C(=O)/C(=C(\O)c3cccc(OCC(C)C)c3)C2c2ccc(OC(C)=O)cc2)cc1. The summed E-state index contributed by atoms with van der Waals surface area (Å²) in [5, 5.41) is 11.4. The molecule has 3 aromatic carbocycles. The minimum atomic E-state index is -0.935. The number of rotatable bonds is 8. The number of aliphatic hydroxyl groups is 1. The Hall–Kier alpha value is -4.59. The number of amides is 1. The van der Waals surface area contributed by atoms with Crippen molar-refractivity contribution in [1.29, 1.82) is 0 Å². The molecule has 8 heteroatoms. The highest BCUT2D eigenvalue weighted by Crippen LogP contribution is 2.43. The zero-order valence-electron chi connectivity index (χ0n) is 21.6. The fourth-order valence-electron chi connectivity index (χ4n) is 4.19. The van der Waals surface area contributed by atoms with Crippen LogP contribution in [0.25, 0.3) is 5.76 Å². The number of carbonyl (C=O) groups excluding carboxylic acids is 3. The van der Waals surface area contributed by atoms with Crippen molar-refractivity contribution >= 4 is 29.1 Å². The lowest BCUT2D eigenvalue weighted by molar-refractivity contribution is -0.132. The summed E-state index contributed by atoms with van der Waals surface area (Å²) in [5.74, 6) is -0.640. The molecule has 196 valence electrons. The van der Waals surface area contributed by atoms with E-state index in [9.17, 15) is 19.5 Å². The number of carbonyl (C=O) groups is 3. The lowest BCUT2D eigenvalue weighted by atomic mass is 9.95. The van der Waals surface area contributed by atoms with Gasteiger partial charge in [0.1, 0.15) is 23.0 Å². The fourth-order valence-corrected chi connectivity index (χ4v) is 4.19. The Morgan fingerprint density at radius 2 is 1.61 bits per heavy atom. The zero-order valence-corrected chi connectivity index (χ0v) is 21.6. The molecule has 0 spiro atoms. The first-order valence-corrected chi connectivity index (χ1v) is 12.2. The smallest absolute Gasteiger partial charge is 0.308 e. The Labute approximate surface area is 221 Å². The number of hydrogen-bond acceptors (Lipinski definition) is 7. The molecule has 3 aromatic rings. The number of anilines is 1. The predicted octanol–water partition coefficient (Wildman–Crippen LogP) is 5.28. The largest absolute Gasteiger partial charge is 0.507 e. The van der Waals surface area contributed by atoms with Crippen LogP contribution in [0, 0.1) is 5.92 Å². The number of esters is 1. The van der Waals surface area contributed by atoms with Crippen molar-refractivity contribution in [2.45, 2.75) is 26.8 Å². The van der Waals surface area contributed by atoms with E-state index < -0.39 is 23.7 Å². The first-order valence-electron chi connectivity index (χ1n) is 12.2. The first kappa shape index (κ1) is 26.5. The van der Waals surface area contributed by atoms with Crippen LogP contribution in [-0.2, 0) is 14.4 Å². The van der Waals surface area contributed by atoms with E-state index in [4.69, 9.17) is 14.2 Å². The average Bonchev–Trinajstić information content (AvgIpc) is 3.17. The molecule has 0 saturated carbocycles. The number of hydrogen-bond donors (Lipinski definition) is 1. The van der Waals surface area contributed by atoms with E-state index in [-0.39, 0.29) is 11.3 Å². The molecule has 1 atom stereocenters. The lowest BCUT2D eigenvalue weighted by Gasteiger charge is -2.25. The van der Waals surface area contributed by atoms with Gasteiger partial charge in [-0.05, 0) is 60.0 Å². The summed E-state index contributed by atoms with van der Waals surface area (Å²) in [4.78, 5) is 39.4. The normalized spacial score (nSPS) is 16.6. The van der Waals surface area contributed by atoms with Crippen molar-refractivity contribution in [1.82, 2.24) is 0 Å². The van der Waals surface area contributed by atoms with Gasteiger partial charge in [-0.3, -0.25) is 19.3 Å². The summed E-state index contributed by atoms with van der Waals surface area (Å²) in [6.45, 7) is 5.83. The molecule has 0 aliphatic carbocycles. The molecule has 1 saturated heterocycles. The third-order valence-electron chi connectivity index (χ3n) is 5.94. The van der Waals surface area contributed by atoms with Crippen LogP contribution in [0.3, 0.4) is 0 Å². The van der Waals surface area contributed by atoms with Gasteiger partial charge in [0.15, 0.2) is 0 Å². The molecule has 1 aliphatic rings. The summed E-state index contributed by atoms with van der Waals surface area (Å²) < 4.78 is 16.1. The molecule has 0 aromatic heterocycles. The molecule has 1 fully saturated rings. The minimum absolute atomic E-state index is 0.0629. The summed E-state index contributed by atoms with van der Waals surface area (Å²) in [5.41, 5.74) is 1.28. The van der Waals surface area contributed by atoms with Gasteiger partial charge in [-0.25, -0.2) is 0 Å². The highest BCUT2D eigenvalue weighted by Gasteiger charge is 2.47. The molecular formula is C30H29NO7. The first-order chi connectivity index (χ1) is 18.2. The van der Waals surface area contributed by atoms with Crippen LogP contribution in [0.2, 0.25) is 0 Å². The monoisotopic (exact) mass is 515 g/mol. The van der Waals surface area contributed by atoms with E-state index >= 15 is 0 Å². The Balaban J connectivity index is 1.84. The minimum Gasteiger partial charge on any atom is -0.507 e. The van der Waals surface area contributed by atoms with E-state index in [1.54, 1.807) is 72.8 Å². The van der Waals surface area contributed by atoms with Gasteiger partial charge in [0.2, 0.25) is 0 Å². The maximum Gasteiger partial charge on any atom is 0.308 e. The second-order valence-electron chi connectivity index (χ2n) is 9.26. The average molecular weight is 516 g/mol. The molecule has 1 aliphatic heterocycles. The number of aliphatic hydroxyl groups excluding tert-OH is 1. The van der Waals surface area contributed by atoms with Crippen LogP contribution in [0.4, 0.5) is 5.69 Å². The van der Waals surface area contributed by atoms with Gasteiger partial charge in [0.25, 0.3) is 11.7 Å². The van der Waals surface area contributed by atoms with Gasteiger partial charge in [0.05, 0.1) is 25.3 Å². The lowest BCUT2D eigenvalue weighted by Crippen LogP contribution is -2.29. The Morgan fingerprint density at radius 1 is 0.947 bits per heavy atom. The molecule has 0 bridgehead atoms. The number of methoxy groups -OCH3 is 1. The third kappa shape index (κ3) is 5.54. The van der Waals surface area contributed by atoms with Crippen LogP contribution in [-0.4, -0.2) is 36.5 Å². The van der Waals surface area contributed by atoms with Crippen molar-refractivity contribution in [2.75, 3.05) is 18.6 Å². The van der Waals surface area contributed by atoms with Crippen LogP contribution >= 0.6 is 0 Å². The van der Waals surface area contributed by atoms with Gasteiger partial charge in [-0.2, -0.15) is 0 Å². The van der Waals surface area contributed by atoms with Gasteiger partial charge in [-0.1, -0.05) is 38.1 Å². The molecule has 0 radical (unpaired) electrons. The highest BCUT2D eigenvalue weighted by molar-refractivity contribution is 6.51. The van der Waals surface area contributed by atoms with E-state index in [0.717, 1.165) is 0 Å². The van der Waals surface area contributed by atoms with Gasteiger partial charge < -0.3 is 19.3 Å². The summed E-state index contributed by atoms with van der Waals surface area (Å²) in [7, 11) is 1.53. The maximum absolute atomic E-state index is 13.4. The van der Waals surface area contributed by atoms with Crippen LogP contribution in [0.15, 0.2) is 78.4 Å². The Bertz CT molecular complexity index is 1370. The molecule has 38 heavy (non-hydrogen) atoms. The van der Waals surface area contributed by atoms with Crippen LogP contribution < -0.4 is 19.1 Å². The topological polar surface area (TPSA) is 102 Å². The molecular weight excluding hydrogens is 486 g/mol. The predicted molar refractivity (Wildman–Crippen MR) is 142 cm³/mol. The fraction of sp³-hybridized carbons (Fsp3) is 0.233. The van der Waals surface area contributed by atoms with Crippen molar-refractivity contribution in [2.24, 2.45) is 5.92 Å². The second kappa shape index (κ2) is 11.2. The summed E-state index contributed by atoms with van der Waals surface area (Å²) in [6, 6.07) is 19.0. The van der Waals surface area contributed by atoms with Crippen molar-refractivity contribution in [3.63, 3.8) is 0 Å². The standard InChI is InChI=1S/C30H29NO7/c1-18(2)17-37-25-7-5-6-21(16-25)28(33)26-27(20-8-12-24(13-9-20)38-19(3)32)31(30(35)29(26)34)22-10-14-23(36-4)15-11-22/h5-16,18,27,33H,17H2,1-4H3/b28-26-. The Morgan fingerprint density at radius 3 is 2.21 bits per heavy atom. The second-order valence-corrected chi connectivity index (χ2v) is 9.26. The number of ketones is 1. The molecule has 4 rings (SSSR count). The van der Waals surface area contributed by atoms with E-state index in [0.29, 0.717) is 46.6 Å². The van der Waals surface area contributed by atoms with Gasteiger partial charge >= 0.3 is 5.97 Å². The number of nitrogens with zero attached hydrogens (tertiary/aromatic N) is 1. The van der Waals surface area contributed by atoms with Crippen molar-refractivity contribution in [3.05, 3.63) is 89.5 Å². The number of ether oxygens (including phenoxy) is 3. The molecule has 1 heterocycles. The van der Waals surface area contributed by atoms with Crippen molar-refractivity contribution in [3.8, 4) is 17.2 Å². The third-order valence-corrected chi connectivity index (χ3v) is 5.94. The molecule has 1 amide bonds. The van der Waals surface area contributed by atoms with Crippen LogP contribution in [0.1, 0.15) is 37.9 Å². The number of Topliss-reactive ketones (excluding diaryl/α,β-unsaturated/α-hetero) is 1. The van der Waals surface area contributed by atoms with E-state index in [1.165, 1.54) is 18.9 Å². The molecule has 1 N–H and O–H groups in total. The summed E-state index contributed by atoms with van der Waals surface area (Å²) in [6.07, 6.45) is 0. The van der Waals surface area contributed by atoms with E-state index in [1.807, 2.05) is 13.8 Å². The number of benzene rings is 3. The highest BCUT2D eigenvalue weighted by atomic mass is 16.5. The summed E-state index contributed by atoms with van der Waals surface area (Å²) >= 11 is 0. The van der Waals surface area contributed by atoms with E-state index in [2.05, 4.69) is 0 Å². The zero-order chi connectivity index (χ0) is 27.4. The molecule has 8 nitrogen and oxygen atoms in total.